The van der Waals surface area contributed by atoms with E-state index in [1.807, 2.05) is 0 Å². The van der Waals surface area contributed by atoms with Gasteiger partial charge in [0.05, 0.1) is 11.9 Å². The molecule has 0 aliphatic heterocycles. The maximum absolute atomic E-state index is 13.1. The number of imidazole rings is 1. The Bertz CT molecular complexity index is 854. The summed E-state index contributed by atoms with van der Waals surface area (Å²) in [6.45, 7) is 0. The standard InChI is InChI=1S/C14H11F3N6/c15-14(16,17)13-21-11(20-8-3-4-8)10-12(22-13)23(7-19-10)9-2-1-5-18-6-9/h1-2,5-8H,3-4H2,(H,20,21,22). The molecule has 4 rings (SSSR count). The van der Waals surface area contributed by atoms with Gasteiger partial charge in [0.1, 0.15) is 6.33 Å². The molecule has 0 atom stereocenters. The van der Waals surface area contributed by atoms with E-state index >= 15 is 0 Å². The van der Waals surface area contributed by atoms with Crippen LogP contribution in [0.2, 0.25) is 0 Å². The Hall–Kier alpha value is -2.71. The highest BCUT2D eigenvalue weighted by atomic mass is 19.4. The molecule has 1 saturated carbocycles. The Labute approximate surface area is 128 Å². The normalized spacial score (nSPS) is 15.1. The van der Waals surface area contributed by atoms with Gasteiger partial charge in [-0.05, 0) is 25.0 Å². The molecule has 0 amide bonds. The predicted molar refractivity (Wildman–Crippen MR) is 76.1 cm³/mol. The average molecular weight is 320 g/mol. The zero-order valence-electron chi connectivity index (χ0n) is 11.7. The van der Waals surface area contributed by atoms with Crippen molar-refractivity contribution in [1.82, 2.24) is 24.5 Å². The molecule has 3 heterocycles. The van der Waals surface area contributed by atoms with E-state index in [1.54, 1.807) is 18.3 Å². The average Bonchev–Trinajstić information content (AvgIpc) is 3.23. The SMILES string of the molecule is FC(F)(F)c1nc(NC2CC2)c2ncn(-c3cccnc3)c2n1. The van der Waals surface area contributed by atoms with Crippen LogP contribution in [0, 0.1) is 0 Å². The lowest BCUT2D eigenvalue weighted by atomic mass is 10.4. The summed E-state index contributed by atoms with van der Waals surface area (Å²) < 4.78 is 40.8. The highest BCUT2D eigenvalue weighted by Gasteiger charge is 2.37. The van der Waals surface area contributed by atoms with Crippen molar-refractivity contribution in [3.05, 3.63) is 36.7 Å². The topological polar surface area (TPSA) is 68.5 Å². The van der Waals surface area contributed by atoms with Crippen molar-refractivity contribution >= 4 is 17.0 Å². The molecule has 0 bridgehead atoms. The highest BCUT2D eigenvalue weighted by molar-refractivity contribution is 5.84. The molecule has 23 heavy (non-hydrogen) atoms. The van der Waals surface area contributed by atoms with E-state index in [0.29, 0.717) is 11.2 Å². The van der Waals surface area contributed by atoms with Crippen LogP contribution >= 0.6 is 0 Å². The second kappa shape index (κ2) is 4.90. The van der Waals surface area contributed by atoms with E-state index < -0.39 is 12.0 Å². The summed E-state index contributed by atoms with van der Waals surface area (Å²) in [6, 6.07) is 3.56. The molecule has 1 aliphatic rings. The molecule has 0 unspecified atom stereocenters. The number of alkyl halides is 3. The Balaban J connectivity index is 1.93. The van der Waals surface area contributed by atoms with E-state index in [0.717, 1.165) is 12.8 Å². The monoisotopic (exact) mass is 320 g/mol. The maximum atomic E-state index is 13.1. The molecule has 0 aromatic carbocycles. The summed E-state index contributed by atoms with van der Waals surface area (Å²) in [5, 5.41) is 2.99. The fraction of sp³-hybridized carbons (Fsp3) is 0.286. The molecule has 0 saturated heterocycles. The summed E-state index contributed by atoms with van der Waals surface area (Å²) in [6.07, 6.45) is 1.74. The zero-order chi connectivity index (χ0) is 16.0. The lowest BCUT2D eigenvalue weighted by Gasteiger charge is -2.10. The van der Waals surface area contributed by atoms with Crippen molar-refractivity contribution in [3.63, 3.8) is 0 Å². The van der Waals surface area contributed by atoms with Gasteiger partial charge in [-0.15, -0.1) is 0 Å². The van der Waals surface area contributed by atoms with E-state index in [-0.39, 0.29) is 17.5 Å². The number of hydrogen-bond acceptors (Lipinski definition) is 5. The highest BCUT2D eigenvalue weighted by Crippen LogP contribution is 2.32. The second-order valence-corrected chi connectivity index (χ2v) is 5.31. The van der Waals surface area contributed by atoms with Crippen molar-refractivity contribution in [1.29, 1.82) is 0 Å². The van der Waals surface area contributed by atoms with Crippen LogP contribution in [0.4, 0.5) is 19.0 Å². The van der Waals surface area contributed by atoms with Gasteiger partial charge in [0, 0.05) is 12.2 Å². The van der Waals surface area contributed by atoms with Crippen LogP contribution in [0.5, 0.6) is 0 Å². The zero-order valence-corrected chi connectivity index (χ0v) is 11.7. The van der Waals surface area contributed by atoms with Gasteiger partial charge in [0.15, 0.2) is 17.0 Å². The minimum absolute atomic E-state index is 0.100. The number of halogens is 3. The quantitative estimate of drug-likeness (QED) is 0.804. The third-order valence-corrected chi connectivity index (χ3v) is 3.49. The van der Waals surface area contributed by atoms with Crippen molar-refractivity contribution in [2.24, 2.45) is 0 Å². The molecule has 1 N–H and O–H groups in total. The minimum atomic E-state index is -4.63. The van der Waals surface area contributed by atoms with Crippen LogP contribution in [-0.4, -0.2) is 30.5 Å². The van der Waals surface area contributed by atoms with Crippen molar-refractivity contribution in [2.75, 3.05) is 5.32 Å². The van der Waals surface area contributed by atoms with E-state index in [2.05, 4.69) is 25.3 Å². The van der Waals surface area contributed by atoms with Gasteiger partial charge in [0.25, 0.3) is 0 Å². The van der Waals surface area contributed by atoms with Crippen molar-refractivity contribution in [2.45, 2.75) is 25.1 Å². The number of fused-ring (bicyclic) bond motifs is 1. The molecule has 0 radical (unpaired) electrons. The third-order valence-electron chi connectivity index (χ3n) is 3.49. The van der Waals surface area contributed by atoms with Crippen LogP contribution in [0.1, 0.15) is 18.7 Å². The summed E-state index contributed by atoms with van der Waals surface area (Å²) in [7, 11) is 0. The molecule has 118 valence electrons. The molecule has 0 spiro atoms. The molecule has 6 nitrogen and oxygen atoms in total. The van der Waals surface area contributed by atoms with Gasteiger partial charge in [-0.2, -0.15) is 13.2 Å². The van der Waals surface area contributed by atoms with Crippen molar-refractivity contribution < 1.29 is 13.2 Å². The molecule has 1 aliphatic carbocycles. The van der Waals surface area contributed by atoms with Gasteiger partial charge in [-0.25, -0.2) is 15.0 Å². The number of nitrogens with zero attached hydrogens (tertiary/aromatic N) is 5. The predicted octanol–water partition coefficient (Wildman–Crippen LogP) is 2.80. The fourth-order valence-corrected chi connectivity index (χ4v) is 2.23. The van der Waals surface area contributed by atoms with E-state index in [9.17, 15) is 13.2 Å². The summed E-state index contributed by atoms with van der Waals surface area (Å²) in [5.41, 5.74) is 0.997. The Morgan fingerprint density at radius 1 is 1.22 bits per heavy atom. The van der Waals surface area contributed by atoms with Crippen LogP contribution in [-0.2, 0) is 6.18 Å². The number of anilines is 1. The Morgan fingerprint density at radius 3 is 2.70 bits per heavy atom. The van der Waals surface area contributed by atoms with Crippen LogP contribution in [0.25, 0.3) is 16.9 Å². The molecule has 3 aromatic rings. The van der Waals surface area contributed by atoms with Crippen LogP contribution < -0.4 is 5.32 Å². The van der Waals surface area contributed by atoms with Crippen LogP contribution in [0.15, 0.2) is 30.9 Å². The number of aromatic nitrogens is 5. The largest absolute Gasteiger partial charge is 0.451 e. The number of rotatable bonds is 3. The van der Waals surface area contributed by atoms with E-state index in [1.165, 1.54) is 17.1 Å². The lowest BCUT2D eigenvalue weighted by Crippen LogP contribution is -2.15. The van der Waals surface area contributed by atoms with Gasteiger partial charge in [0.2, 0.25) is 5.82 Å². The molecule has 9 heteroatoms. The van der Waals surface area contributed by atoms with Gasteiger partial charge in [-0.3, -0.25) is 9.55 Å². The minimum Gasteiger partial charge on any atom is -0.365 e. The number of nitrogens with one attached hydrogen (secondary N) is 1. The summed E-state index contributed by atoms with van der Waals surface area (Å²) >= 11 is 0. The third kappa shape index (κ3) is 2.58. The summed E-state index contributed by atoms with van der Waals surface area (Å²) in [4.78, 5) is 15.4. The first-order chi connectivity index (χ1) is 11.0. The van der Waals surface area contributed by atoms with Crippen molar-refractivity contribution in [3.8, 4) is 5.69 Å². The number of hydrogen-bond donors (Lipinski definition) is 1. The first-order valence-corrected chi connectivity index (χ1v) is 7.01. The molecule has 1 fully saturated rings. The summed E-state index contributed by atoms with van der Waals surface area (Å²) in [5.74, 6) is -1.06. The molecule has 3 aromatic heterocycles. The molecular formula is C14H11F3N6. The van der Waals surface area contributed by atoms with Gasteiger partial charge >= 0.3 is 6.18 Å². The number of pyridine rings is 1. The lowest BCUT2D eigenvalue weighted by molar-refractivity contribution is -0.144. The fourth-order valence-electron chi connectivity index (χ4n) is 2.23. The van der Waals surface area contributed by atoms with Gasteiger partial charge < -0.3 is 5.32 Å². The maximum Gasteiger partial charge on any atom is 0.451 e. The molecular weight excluding hydrogens is 309 g/mol. The first-order valence-electron chi connectivity index (χ1n) is 7.01. The Morgan fingerprint density at radius 2 is 2.04 bits per heavy atom. The van der Waals surface area contributed by atoms with E-state index in [4.69, 9.17) is 0 Å². The Kier molecular flexibility index (Phi) is 2.97. The van der Waals surface area contributed by atoms with Crippen LogP contribution in [0.3, 0.4) is 0 Å². The smallest absolute Gasteiger partial charge is 0.365 e. The first kappa shape index (κ1) is 13.9. The van der Waals surface area contributed by atoms with Gasteiger partial charge in [-0.1, -0.05) is 0 Å². The second-order valence-electron chi connectivity index (χ2n) is 5.31.